The van der Waals surface area contributed by atoms with Gasteiger partial charge in [0.2, 0.25) is 10.0 Å². The summed E-state index contributed by atoms with van der Waals surface area (Å²) in [6, 6.07) is 4.37. The van der Waals surface area contributed by atoms with Gasteiger partial charge in [-0.1, -0.05) is 12.5 Å². The SMILES string of the molecule is Cc1ccc(C(=O)OCC(=O)OC(C)C)cc1S(=O)(=O)N1CCCCC1. The molecule has 0 amide bonds. The molecule has 1 saturated heterocycles. The van der Waals surface area contributed by atoms with Crippen LogP contribution in [0.25, 0.3) is 0 Å². The number of aryl methyl sites for hydroxylation is 1. The Morgan fingerprint density at radius 3 is 2.42 bits per heavy atom. The number of hydrogen-bond donors (Lipinski definition) is 0. The van der Waals surface area contributed by atoms with Gasteiger partial charge in [-0.15, -0.1) is 0 Å². The highest BCUT2D eigenvalue weighted by Crippen LogP contribution is 2.24. The molecule has 0 atom stereocenters. The first-order valence-electron chi connectivity index (χ1n) is 8.69. The second-order valence-electron chi connectivity index (χ2n) is 6.56. The van der Waals surface area contributed by atoms with Crippen molar-refractivity contribution in [3.05, 3.63) is 29.3 Å². The molecule has 0 saturated carbocycles. The van der Waals surface area contributed by atoms with E-state index in [9.17, 15) is 18.0 Å². The fourth-order valence-electron chi connectivity index (χ4n) is 2.75. The van der Waals surface area contributed by atoms with Crippen molar-refractivity contribution in [3.8, 4) is 0 Å². The lowest BCUT2D eigenvalue weighted by atomic mass is 10.1. The molecule has 0 unspecified atom stereocenters. The van der Waals surface area contributed by atoms with Gasteiger partial charge in [-0.2, -0.15) is 4.31 Å². The minimum atomic E-state index is -3.66. The van der Waals surface area contributed by atoms with Crippen LogP contribution in [0.2, 0.25) is 0 Å². The zero-order valence-electron chi connectivity index (χ0n) is 15.4. The molecule has 26 heavy (non-hydrogen) atoms. The zero-order valence-corrected chi connectivity index (χ0v) is 16.2. The molecule has 1 aliphatic heterocycles. The first kappa shape index (κ1) is 20.4. The first-order valence-corrected chi connectivity index (χ1v) is 10.1. The molecular weight excluding hydrogens is 358 g/mol. The monoisotopic (exact) mass is 383 g/mol. The summed E-state index contributed by atoms with van der Waals surface area (Å²) >= 11 is 0. The standard InChI is InChI=1S/C18H25NO6S/c1-13(2)25-17(20)12-24-18(21)15-8-7-14(3)16(11-15)26(22,23)19-9-5-4-6-10-19/h7-8,11,13H,4-6,9-10,12H2,1-3H3. The predicted octanol–water partition coefficient (Wildman–Crippen LogP) is 2.28. The average molecular weight is 383 g/mol. The third-order valence-corrected chi connectivity index (χ3v) is 6.09. The average Bonchev–Trinajstić information content (AvgIpc) is 2.60. The minimum absolute atomic E-state index is 0.0866. The van der Waals surface area contributed by atoms with Gasteiger partial charge in [0.25, 0.3) is 0 Å². The third-order valence-electron chi connectivity index (χ3n) is 4.04. The summed E-state index contributed by atoms with van der Waals surface area (Å²) in [6.07, 6.45) is 2.38. The van der Waals surface area contributed by atoms with Crippen LogP contribution in [0.15, 0.2) is 23.1 Å². The van der Waals surface area contributed by atoms with E-state index in [0.717, 1.165) is 19.3 Å². The number of carbonyl (C=O) groups is 2. The molecule has 1 aromatic rings. The number of hydrogen-bond acceptors (Lipinski definition) is 6. The van der Waals surface area contributed by atoms with Crippen LogP contribution in [0.5, 0.6) is 0 Å². The second kappa shape index (κ2) is 8.64. The lowest BCUT2D eigenvalue weighted by Gasteiger charge is -2.26. The number of sulfonamides is 1. The van der Waals surface area contributed by atoms with E-state index >= 15 is 0 Å². The molecule has 144 valence electrons. The van der Waals surface area contributed by atoms with E-state index in [0.29, 0.717) is 18.7 Å². The van der Waals surface area contributed by atoms with E-state index in [-0.39, 0.29) is 16.6 Å². The van der Waals surface area contributed by atoms with E-state index < -0.39 is 28.6 Å². The van der Waals surface area contributed by atoms with Crippen LogP contribution in [0.3, 0.4) is 0 Å². The Bertz CT molecular complexity index is 766. The lowest BCUT2D eigenvalue weighted by molar-refractivity contribution is -0.150. The molecule has 1 heterocycles. The normalized spacial score (nSPS) is 15.7. The number of nitrogens with zero attached hydrogens (tertiary/aromatic N) is 1. The van der Waals surface area contributed by atoms with E-state index in [4.69, 9.17) is 9.47 Å². The van der Waals surface area contributed by atoms with Crippen LogP contribution >= 0.6 is 0 Å². The molecule has 0 radical (unpaired) electrons. The molecule has 0 spiro atoms. The highest BCUT2D eigenvalue weighted by molar-refractivity contribution is 7.89. The summed E-state index contributed by atoms with van der Waals surface area (Å²) in [4.78, 5) is 23.7. The Labute approximate surface area is 154 Å². The summed E-state index contributed by atoms with van der Waals surface area (Å²) in [6.45, 7) is 5.52. The van der Waals surface area contributed by atoms with Gasteiger partial charge in [0.1, 0.15) is 0 Å². The maximum absolute atomic E-state index is 12.9. The van der Waals surface area contributed by atoms with Gasteiger partial charge >= 0.3 is 11.9 Å². The quantitative estimate of drug-likeness (QED) is 0.700. The van der Waals surface area contributed by atoms with Gasteiger partial charge in [-0.05, 0) is 51.3 Å². The molecule has 0 aromatic heterocycles. The van der Waals surface area contributed by atoms with E-state index in [1.54, 1.807) is 26.8 Å². The van der Waals surface area contributed by atoms with Crippen LogP contribution in [0.4, 0.5) is 0 Å². The predicted molar refractivity (Wildman–Crippen MR) is 95.3 cm³/mol. The van der Waals surface area contributed by atoms with Crippen molar-refractivity contribution in [1.29, 1.82) is 0 Å². The molecule has 8 heteroatoms. The Balaban J connectivity index is 2.16. The first-order chi connectivity index (χ1) is 12.2. The van der Waals surface area contributed by atoms with Crippen molar-refractivity contribution in [2.75, 3.05) is 19.7 Å². The number of esters is 2. The highest BCUT2D eigenvalue weighted by atomic mass is 32.2. The van der Waals surface area contributed by atoms with Crippen LogP contribution in [0, 0.1) is 6.92 Å². The fraction of sp³-hybridized carbons (Fsp3) is 0.556. The van der Waals surface area contributed by atoms with E-state index in [2.05, 4.69) is 0 Å². The highest BCUT2D eigenvalue weighted by Gasteiger charge is 2.28. The van der Waals surface area contributed by atoms with E-state index in [1.807, 2.05) is 0 Å². The third kappa shape index (κ3) is 5.04. The molecule has 0 bridgehead atoms. The molecule has 0 aliphatic carbocycles. The summed E-state index contributed by atoms with van der Waals surface area (Å²) in [5, 5.41) is 0. The number of benzene rings is 1. The van der Waals surface area contributed by atoms with Crippen molar-refractivity contribution in [2.24, 2.45) is 0 Å². The van der Waals surface area contributed by atoms with Gasteiger partial charge < -0.3 is 9.47 Å². The number of rotatable bonds is 6. The van der Waals surface area contributed by atoms with Crippen molar-refractivity contribution < 1.29 is 27.5 Å². The summed E-state index contributed by atoms with van der Waals surface area (Å²) < 4.78 is 37.0. The maximum Gasteiger partial charge on any atom is 0.344 e. The summed E-state index contributed by atoms with van der Waals surface area (Å²) in [7, 11) is -3.66. The van der Waals surface area contributed by atoms with Gasteiger partial charge in [0, 0.05) is 13.1 Å². The van der Waals surface area contributed by atoms with Crippen molar-refractivity contribution >= 4 is 22.0 Å². The topological polar surface area (TPSA) is 90.0 Å². The van der Waals surface area contributed by atoms with Gasteiger partial charge in [0.05, 0.1) is 16.6 Å². The number of carbonyl (C=O) groups excluding carboxylic acids is 2. The number of ether oxygens (including phenoxy) is 2. The van der Waals surface area contributed by atoms with Gasteiger partial charge in [-0.3, -0.25) is 0 Å². The molecule has 7 nitrogen and oxygen atoms in total. The lowest BCUT2D eigenvalue weighted by Crippen LogP contribution is -2.36. The molecular formula is C18H25NO6S. The molecule has 1 aromatic carbocycles. The van der Waals surface area contributed by atoms with Crippen molar-refractivity contribution in [1.82, 2.24) is 4.31 Å². The van der Waals surface area contributed by atoms with Crippen molar-refractivity contribution in [3.63, 3.8) is 0 Å². The van der Waals surface area contributed by atoms with Crippen LogP contribution < -0.4 is 0 Å². The van der Waals surface area contributed by atoms with Crippen LogP contribution in [0.1, 0.15) is 49.0 Å². The molecule has 1 aliphatic rings. The van der Waals surface area contributed by atoms with E-state index in [1.165, 1.54) is 16.4 Å². The smallest absolute Gasteiger partial charge is 0.344 e. The molecule has 2 rings (SSSR count). The Kier molecular flexibility index (Phi) is 6.77. The maximum atomic E-state index is 12.9. The Hall–Kier alpha value is -1.93. The van der Waals surface area contributed by atoms with Crippen LogP contribution in [-0.2, 0) is 24.3 Å². The van der Waals surface area contributed by atoms with Gasteiger partial charge in [-0.25, -0.2) is 18.0 Å². The second-order valence-corrected chi connectivity index (χ2v) is 8.47. The van der Waals surface area contributed by atoms with Crippen LogP contribution in [-0.4, -0.2) is 50.5 Å². The molecule has 1 fully saturated rings. The van der Waals surface area contributed by atoms with Crippen molar-refractivity contribution in [2.45, 2.75) is 51.0 Å². The largest absolute Gasteiger partial charge is 0.460 e. The zero-order chi connectivity index (χ0) is 19.3. The van der Waals surface area contributed by atoms with Gasteiger partial charge in [0.15, 0.2) is 6.61 Å². The minimum Gasteiger partial charge on any atom is -0.460 e. The molecule has 0 N–H and O–H groups in total. The summed E-state index contributed by atoms with van der Waals surface area (Å²) in [5.41, 5.74) is 0.648. The Morgan fingerprint density at radius 1 is 1.15 bits per heavy atom. The summed E-state index contributed by atoms with van der Waals surface area (Å²) in [5.74, 6) is -1.41. The number of piperidine rings is 1. The Morgan fingerprint density at radius 2 is 1.81 bits per heavy atom. The fourth-order valence-corrected chi connectivity index (χ4v) is 4.52.